The standard InChI is InChI=1S/C75H122O6/c1-4-7-10-13-16-19-22-25-28-30-32-34-35-36-37-38-39-41-42-44-47-50-53-56-59-62-65-68-74(77)80-71-72(70-79-73(76)67-64-61-58-55-52-49-46-27-24-21-18-15-12-9-6-3)81-75(78)69-66-63-60-57-54-51-48-45-43-40-33-31-29-26-23-20-17-14-11-8-5-2/h7-8,10-11,16-21,25-29,32-34,36-37,40,45-46,48,72H,4-6,9,12-15,22-24,30-31,35,38-39,41-44,47,49-71H2,1-3H3/b10-7-,11-8-,19-16-,20-17-,21-18-,28-25-,29-26-,34-32-,37-36-,40-33-,46-27-,48-45-. The lowest BCUT2D eigenvalue weighted by Gasteiger charge is -2.18. The van der Waals surface area contributed by atoms with Crippen LogP contribution in [0.15, 0.2) is 146 Å². The highest BCUT2D eigenvalue weighted by molar-refractivity contribution is 5.71. The molecule has 0 aliphatic rings. The topological polar surface area (TPSA) is 78.9 Å². The zero-order valence-corrected chi connectivity index (χ0v) is 52.5. The van der Waals surface area contributed by atoms with Crippen LogP contribution in [0, 0.1) is 0 Å². The first-order chi connectivity index (χ1) is 40.0. The van der Waals surface area contributed by atoms with E-state index in [4.69, 9.17) is 14.2 Å². The van der Waals surface area contributed by atoms with E-state index in [2.05, 4.69) is 167 Å². The largest absolute Gasteiger partial charge is 0.462 e. The maximum Gasteiger partial charge on any atom is 0.306 e. The van der Waals surface area contributed by atoms with E-state index >= 15 is 0 Å². The maximum atomic E-state index is 12.9. The first kappa shape index (κ1) is 76.3. The van der Waals surface area contributed by atoms with Gasteiger partial charge in [0, 0.05) is 19.3 Å². The molecule has 0 amide bonds. The molecule has 0 aromatic heterocycles. The monoisotopic (exact) mass is 1120 g/mol. The first-order valence-electron chi connectivity index (χ1n) is 33.3. The quantitative estimate of drug-likeness (QED) is 0.0261. The van der Waals surface area contributed by atoms with E-state index in [9.17, 15) is 14.4 Å². The number of carbonyl (C=O) groups is 3. The smallest absolute Gasteiger partial charge is 0.306 e. The number of hydrogen-bond donors (Lipinski definition) is 0. The normalized spacial score (nSPS) is 13.1. The van der Waals surface area contributed by atoms with E-state index in [0.717, 1.165) is 167 Å². The molecule has 1 atom stereocenters. The van der Waals surface area contributed by atoms with Crippen LogP contribution < -0.4 is 0 Å². The van der Waals surface area contributed by atoms with Gasteiger partial charge in [-0.2, -0.15) is 0 Å². The Morgan fingerprint density at radius 2 is 0.481 bits per heavy atom. The van der Waals surface area contributed by atoms with E-state index in [-0.39, 0.29) is 31.1 Å². The molecule has 1 unspecified atom stereocenters. The van der Waals surface area contributed by atoms with Gasteiger partial charge in [0.25, 0.3) is 0 Å². The molecule has 0 N–H and O–H groups in total. The van der Waals surface area contributed by atoms with Gasteiger partial charge >= 0.3 is 17.9 Å². The van der Waals surface area contributed by atoms with Crippen molar-refractivity contribution >= 4 is 17.9 Å². The molecular weight excluding hydrogens is 997 g/mol. The highest BCUT2D eigenvalue weighted by atomic mass is 16.6. The summed E-state index contributed by atoms with van der Waals surface area (Å²) in [6.45, 7) is 6.37. The zero-order valence-electron chi connectivity index (χ0n) is 52.5. The fraction of sp³-hybridized carbons (Fsp3) is 0.640. The number of rotatable bonds is 59. The predicted octanol–water partition coefficient (Wildman–Crippen LogP) is 23.1. The van der Waals surface area contributed by atoms with Crippen LogP contribution in [0.1, 0.15) is 290 Å². The molecule has 0 spiro atoms. The molecule has 6 heteroatoms. The lowest BCUT2D eigenvalue weighted by atomic mass is 10.0. The highest BCUT2D eigenvalue weighted by Crippen LogP contribution is 2.15. The summed E-state index contributed by atoms with van der Waals surface area (Å²) in [4.78, 5) is 38.4. The summed E-state index contributed by atoms with van der Waals surface area (Å²) >= 11 is 0. The Hall–Kier alpha value is -4.71. The van der Waals surface area contributed by atoms with Gasteiger partial charge in [0.2, 0.25) is 0 Å². The van der Waals surface area contributed by atoms with E-state index in [1.54, 1.807) is 0 Å². The van der Waals surface area contributed by atoms with Gasteiger partial charge in [-0.3, -0.25) is 14.4 Å². The van der Waals surface area contributed by atoms with Crippen molar-refractivity contribution in [3.8, 4) is 0 Å². The van der Waals surface area contributed by atoms with E-state index < -0.39 is 6.10 Å². The summed E-state index contributed by atoms with van der Waals surface area (Å²) in [6, 6.07) is 0. The van der Waals surface area contributed by atoms with Gasteiger partial charge in [-0.15, -0.1) is 0 Å². The van der Waals surface area contributed by atoms with Crippen molar-refractivity contribution in [1.29, 1.82) is 0 Å². The number of allylic oxidation sites excluding steroid dienone is 24. The minimum atomic E-state index is -0.803. The second kappa shape index (κ2) is 67.8. The Kier molecular flexibility index (Phi) is 63.9. The third kappa shape index (κ3) is 66.0. The molecule has 0 radical (unpaired) electrons. The number of unbranched alkanes of at least 4 members (excludes halogenated alkanes) is 24. The average Bonchev–Trinajstić information content (AvgIpc) is 3.47. The maximum absolute atomic E-state index is 12.9. The molecule has 81 heavy (non-hydrogen) atoms. The number of ether oxygens (including phenoxy) is 3. The van der Waals surface area contributed by atoms with Crippen molar-refractivity contribution in [3.63, 3.8) is 0 Å². The number of hydrogen-bond acceptors (Lipinski definition) is 6. The van der Waals surface area contributed by atoms with Crippen LogP contribution in [-0.2, 0) is 28.6 Å². The molecule has 0 aliphatic carbocycles. The average molecular weight is 1120 g/mol. The van der Waals surface area contributed by atoms with Crippen molar-refractivity contribution in [2.45, 2.75) is 297 Å². The number of esters is 3. The van der Waals surface area contributed by atoms with Crippen molar-refractivity contribution < 1.29 is 28.6 Å². The molecule has 0 aliphatic heterocycles. The van der Waals surface area contributed by atoms with Crippen LogP contribution in [0.2, 0.25) is 0 Å². The molecule has 0 bridgehead atoms. The Balaban J connectivity index is 4.41. The Labute approximate surface area is 499 Å². The molecule has 0 heterocycles. The molecule has 0 rings (SSSR count). The molecule has 6 nitrogen and oxygen atoms in total. The lowest BCUT2D eigenvalue weighted by molar-refractivity contribution is -0.167. The van der Waals surface area contributed by atoms with Crippen LogP contribution in [0.25, 0.3) is 0 Å². The fourth-order valence-electron chi connectivity index (χ4n) is 8.88. The van der Waals surface area contributed by atoms with Crippen LogP contribution in [-0.4, -0.2) is 37.2 Å². The van der Waals surface area contributed by atoms with Crippen molar-refractivity contribution in [1.82, 2.24) is 0 Å². The minimum Gasteiger partial charge on any atom is -0.462 e. The van der Waals surface area contributed by atoms with Crippen LogP contribution in [0.5, 0.6) is 0 Å². The van der Waals surface area contributed by atoms with Crippen molar-refractivity contribution in [2.75, 3.05) is 13.2 Å². The molecule has 0 saturated heterocycles. The van der Waals surface area contributed by atoms with Gasteiger partial charge in [0.15, 0.2) is 6.10 Å². The summed E-state index contributed by atoms with van der Waals surface area (Å²) < 4.78 is 16.9. The Morgan fingerprint density at radius 1 is 0.259 bits per heavy atom. The second-order valence-corrected chi connectivity index (χ2v) is 21.6. The fourth-order valence-corrected chi connectivity index (χ4v) is 8.88. The van der Waals surface area contributed by atoms with Crippen molar-refractivity contribution in [2.24, 2.45) is 0 Å². The zero-order chi connectivity index (χ0) is 58.5. The molecule has 0 aromatic carbocycles. The summed E-state index contributed by atoms with van der Waals surface area (Å²) in [5.74, 6) is -0.930. The summed E-state index contributed by atoms with van der Waals surface area (Å²) in [7, 11) is 0. The van der Waals surface area contributed by atoms with Gasteiger partial charge in [-0.05, 0) is 141 Å². The van der Waals surface area contributed by atoms with Gasteiger partial charge < -0.3 is 14.2 Å². The summed E-state index contributed by atoms with van der Waals surface area (Å²) in [6.07, 6.45) is 97.1. The van der Waals surface area contributed by atoms with Gasteiger partial charge in [-0.1, -0.05) is 276 Å². The Morgan fingerprint density at radius 3 is 0.753 bits per heavy atom. The summed E-state index contributed by atoms with van der Waals surface area (Å²) in [5, 5.41) is 0. The minimum absolute atomic E-state index is 0.0965. The number of carbonyl (C=O) groups excluding carboxylic acids is 3. The molecule has 0 fully saturated rings. The molecular formula is C75H122O6. The van der Waals surface area contributed by atoms with Gasteiger partial charge in [0.1, 0.15) is 13.2 Å². The molecule has 458 valence electrons. The second-order valence-electron chi connectivity index (χ2n) is 21.6. The molecule has 0 aromatic rings. The SMILES string of the molecule is CC/C=C\C/C=C\C/C=C\C/C=C\C/C=C\CCCCCCCCCCCCCC(=O)OCC(COC(=O)CCCCCCC/C=C\C/C=C\CCCCC)OC(=O)CCCCCCC/C=C\C/C=C\C/C=C\C/C=C\C/C=C\CC. The first-order valence-corrected chi connectivity index (χ1v) is 33.3. The van der Waals surface area contributed by atoms with Gasteiger partial charge in [0.05, 0.1) is 0 Å². The van der Waals surface area contributed by atoms with E-state index in [0.29, 0.717) is 19.3 Å². The van der Waals surface area contributed by atoms with Crippen LogP contribution in [0.3, 0.4) is 0 Å². The Bertz CT molecular complexity index is 1760. The van der Waals surface area contributed by atoms with Crippen LogP contribution >= 0.6 is 0 Å². The molecule has 0 saturated carbocycles. The van der Waals surface area contributed by atoms with Crippen LogP contribution in [0.4, 0.5) is 0 Å². The highest BCUT2D eigenvalue weighted by Gasteiger charge is 2.19. The third-order valence-corrected chi connectivity index (χ3v) is 13.8. The van der Waals surface area contributed by atoms with E-state index in [1.165, 1.54) is 83.5 Å². The lowest BCUT2D eigenvalue weighted by Crippen LogP contribution is -2.30. The van der Waals surface area contributed by atoms with Crippen molar-refractivity contribution in [3.05, 3.63) is 146 Å². The van der Waals surface area contributed by atoms with E-state index in [1.807, 2.05) is 0 Å². The summed E-state index contributed by atoms with van der Waals surface area (Å²) in [5.41, 5.74) is 0. The van der Waals surface area contributed by atoms with Gasteiger partial charge in [-0.25, -0.2) is 0 Å². The third-order valence-electron chi connectivity index (χ3n) is 13.8. The predicted molar refractivity (Wildman–Crippen MR) is 352 cm³/mol.